The maximum absolute atomic E-state index is 5.86. The second-order valence-corrected chi connectivity index (χ2v) is 6.98. The van der Waals surface area contributed by atoms with E-state index in [-0.39, 0.29) is 0 Å². The molecule has 0 spiro atoms. The topological polar surface area (TPSA) is 38.5 Å². The van der Waals surface area contributed by atoms with Gasteiger partial charge in [0, 0.05) is 36.2 Å². The monoisotopic (exact) mass is 378 g/mol. The number of hydrogen-bond acceptors (Lipinski definition) is 4. The molecule has 0 N–H and O–H groups in total. The maximum Gasteiger partial charge on any atom is 0.226 e. The minimum absolute atomic E-state index is 0.554. The molecule has 0 aliphatic carbocycles. The predicted octanol–water partition coefficient (Wildman–Crippen LogP) is 4.07. The molecule has 0 bridgehead atoms. The normalized spacial score (nSPS) is 18.7. The van der Waals surface area contributed by atoms with Crippen molar-refractivity contribution in [2.75, 3.05) is 26.8 Å². The average molecular weight is 379 g/mol. The van der Waals surface area contributed by atoms with E-state index in [2.05, 4.69) is 20.8 Å². The summed E-state index contributed by atoms with van der Waals surface area (Å²) in [7, 11) is 1.78. The van der Waals surface area contributed by atoms with Crippen molar-refractivity contribution in [2.24, 2.45) is 0 Å². The summed E-state index contributed by atoms with van der Waals surface area (Å²) in [5.41, 5.74) is 2.08. The Bertz CT molecular complexity index is 639. The van der Waals surface area contributed by atoms with Crippen LogP contribution < -0.4 is 0 Å². The highest BCUT2D eigenvalue weighted by Gasteiger charge is 2.24. The van der Waals surface area contributed by atoms with Gasteiger partial charge in [0.2, 0.25) is 5.89 Å². The quantitative estimate of drug-likeness (QED) is 0.759. The van der Waals surface area contributed by atoms with Crippen LogP contribution in [0.1, 0.15) is 24.3 Å². The number of aromatic nitrogens is 1. The zero-order valence-corrected chi connectivity index (χ0v) is 15.3. The van der Waals surface area contributed by atoms with E-state index in [9.17, 15) is 0 Å². The Hall–Kier alpha value is -1.17. The van der Waals surface area contributed by atoms with E-state index >= 15 is 0 Å². The number of benzene rings is 1. The average Bonchev–Trinajstić information content (AvgIpc) is 3.13. The van der Waals surface area contributed by atoms with Crippen molar-refractivity contribution in [3.05, 3.63) is 40.2 Å². The smallest absolute Gasteiger partial charge is 0.226 e. The van der Waals surface area contributed by atoms with Crippen molar-refractivity contribution in [2.45, 2.75) is 32.2 Å². The van der Waals surface area contributed by atoms with Crippen LogP contribution in [0.15, 0.2) is 33.2 Å². The highest BCUT2D eigenvalue weighted by atomic mass is 79.9. The van der Waals surface area contributed by atoms with E-state index < -0.39 is 0 Å². The fraction of sp³-hybridized carbons (Fsp3) is 0.500. The van der Waals surface area contributed by atoms with Crippen molar-refractivity contribution >= 4 is 15.9 Å². The maximum atomic E-state index is 5.86. The Morgan fingerprint density at radius 1 is 1.35 bits per heavy atom. The van der Waals surface area contributed by atoms with Crippen molar-refractivity contribution in [1.29, 1.82) is 0 Å². The number of aryl methyl sites for hydroxylation is 1. The summed E-state index contributed by atoms with van der Waals surface area (Å²) in [4.78, 5) is 7.21. The second kappa shape index (κ2) is 7.60. The van der Waals surface area contributed by atoms with Gasteiger partial charge in [-0.2, -0.15) is 0 Å². The van der Waals surface area contributed by atoms with Crippen LogP contribution in [0.3, 0.4) is 0 Å². The molecule has 2 heterocycles. The van der Waals surface area contributed by atoms with Gasteiger partial charge in [0.25, 0.3) is 0 Å². The number of halogens is 1. The van der Waals surface area contributed by atoms with Crippen molar-refractivity contribution in [1.82, 2.24) is 9.88 Å². The lowest BCUT2D eigenvalue weighted by Gasteiger charge is -2.23. The number of ether oxygens (including phenoxy) is 1. The second-order valence-electron chi connectivity index (χ2n) is 6.07. The van der Waals surface area contributed by atoms with Gasteiger partial charge >= 0.3 is 0 Å². The summed E-state index contributed by atoms with van der Waals surface area (Å²) in [6.07, 6.45) is 3.41. The molecule has 124 valence electrons. The zero-order valence-electron chi connectivity index (χ0n) is 13.7. The molecule has 0 amide bonds. The molecule has 1 saturated heterocycles. The number of methoxy groups -OCH3 is 1. The van der Waals surface area contributed by atoms with E-state index in [4.69, 9.17) is 14.1 Å². The number of hydrogen-bond donors (Lipinski definition) is 0. The fourth-order valence-corrected chi connectivity index (χ4v) is 3.46. The predicted molar refractivity (Wildman–Crippen MR) is 94.6 cm³/mol. The number of rotatable bonds is 6. The van der Waals surface area contributed by atoms with Crippen LogP contribution in [-0.4, -0.2) is 42.7 Å². The highest BCUT2D eigenvalue weighted by Crippen LogP contribution is 2.24. The van der Waals surface area contributed by atoms with Crippen LogP contribution in [0.2, 0.25) is 0 Å². The van der Waals surface area contributed by atoms with Gasteiger partial charge in [-0.25, -0.2) is 4.98 Å². The van der Waals surface area contributed by atoms with Gasteiger partial charge in [-0.3, -0.25) is 4.90 Å². The molecule has 1 aliphatic rings. The molecule has 0 saturated carbocycles. The van der Waals surface area contributed by atoms with Crippen molar-refractivity contribution in [3.63, 3.8) is 0 Å². The summed E-state index contributed by atoms with van der Waals surface area (Å²) in [5.74, 6) is 1.63. The van der Waals surface area contributed by atoms with Crippen LogP contribution in [0.5, 0.6) is 0 Å². The Labute approximate surface area is 146 Å². The first kappa shape index (κ1) is 16.7. The van der Waals surface area contributed by atoms with Gasteiger partial charge in [0.05, 0.1) is 12.3 Å². The van der Waals surface area contributed by atoms with Gasteiger partial charge in [-0.15, -0.1) is 0 Å². The van der Waals surface area contributed by atoms with Crippen LogP contribution in [0.25, 0.3) is 11.5 Å². The minimum Gasteiger partial charge on any atom is -0.441 e. The van der Waals surface area contributed by atoms with Crippen molar-refractivity contribution < 1.29 is 9.15 Å². The van der Waals surface area contributed by atoms with E-state index in [1.807, 2.05) is 31.2 Å². The third-order valence-corrected chi connectivity index (χ3v) is 5.01. The first-order valence-electron chi connectivity index (χ1n) is 8.12. The molecule has 0 unspecified atom stereocenters. The largest absolute Gasteiger partial charge is 0.441 e. The third-order valence-electron chi connectivity index (χ3n) is 4.48. The molecule has 1 aromatic carbocycles. The number of nitrogens with zero attached hydrogens (tertiary/aromatic N) is 2. The Balaban J connectivity index is 1.66. The van der Waals surface area contributed by atoms with E-state index in [0.717, 1.165) is 47.6 Å². The first-order chi connectivity index (χ1) is 11.2. The zero-order chi connectivity index (χ0) is 16.2. The summed E-state index contributed by atoms with van der Waals surface area (Å²) in [6.45, 7) is 4.99. The summed E-state index contributed by atoms with van der Waals surface area (Å²) >= 11 is 3.45. The van der Waals surface area contributed by atoms with E-state index in [1.54, 1.807) is 7.11 Å². The molecule has 3 rings (SSSR count). The summed E-state index contributed by atoms with van der Waals surface area (Å²) < 4.78 is 12.2. The van der Waals surface area contributed by atoms with Gasteiger partial charge < -0.3 is 9.15 Å². The molecule has 0 radical (unpaired) electrons. The lowest BCUT2D eigenvalue weighted by Crippen LogP contribution is -2.34. The third kappa shape index (κ3) is 4.03. The summed E-state index contributed by atoms with van der Waals surface area (Å²) in [6, 6.07) is 8.61. The first-order valence-corrected chi connectivity index (χ1v) is 8.92. The van der Waals surface area contributed by atoms with Crippen LogP contribution in [-0.2, 0) is 11.2 Å². The lowest BCUT2D eigenvalue weighted by atomic mass is 10.2. The molecular weight excluding hydrogens is 356 g/mol. The molecule has 1 aromatic heterocycles. The van der Waals surface area contributed by atoms with E-state index in [0.29, 0.717) is 11.9 Å². The van der Waals surface area contributed by atoms with Gasteiger partial charge in [0.1, 0.15) is 5.76 Å². The highest BCUT2D eigenvalue weighted by molar-refractivity contribution is 9.10. The molecule has 5 heteroatoms. The fourth-order valence-electron chi connectivity index (χ4n) is 3.20. The Kier molecular flexibility index (Phi) is 5.51. The lowest BCUT2D eigenvalue weighted by molar-refractivity contribution is 0.116. The number of oxazole rings is 1. The molecule has 1 aliphatic heterocycles. The summed E-state index contributed by atoms with van der Waals surface area (Å²) in [5, 5.41) is 0. The van der Waals surface area contributed by atoms with Gasteiger partial charge in [-0.1, -0.05) is 15.9 Å². The SMILES string of the molecule is COC[C@H]1CCCN1CCc1nc(-c2ccc(Br)cc2)oc1C. The van der Waals surface area contributed by atoms with Gasteiger partial charge in [0.15, 0.2) is 0 Å². The standard InChI is InChI=1S/C18H23BrN2O2/c1-13-17(9-11-21-10-3-4-16(21)12-22-2)20-18(23-13)14-5-7-15(19)8-6-14/h5-8,16H,3-4,9-12H2,1-2H3/t16-/m1/s1. The van der Waals surface area contributed by atoms with Crippen LogP contribution in [0.4, 0.5) is 0 Å². The number of likely N-dealkylation sites (tertiary alicyclic amines) is 1. The minimum atomic E-state index is 0.554. The molecule has 1 atom stereocenters. The van der Waals surface area contributed by atoms with Crippen LogP contribution in [0, 0.1) is 6.92 Å². The Morgan fingerprint density at radius 3 is 2.87 bits per heavy atom. The molecule has 1 fully saturated rings. The molecular formula is C18H23BrN2O2. The molecule has 4 nitrogen and oxygen atoms in total. The Morgan fingerprint density at radius 2 is 2.13 bits per heavy atom. The molecule has 23 heavy (non-hydrogen) atoms. The van der Waals surface area contributed by atoms with Gasteiger partial charge in [-0.05, 0) is 50.6 Å². The van der Waals surface area contributed by atoms with Crippen LogP contribution >= 0.6 is 15.9 Å². The van der Waals surface area contributed by atoms with Crippen molar-refractivity contribution in [3.8, 4) is 11.5 Å². The molecule has 2 aromatic rings. The van der Waals surface area contributed by atoms with E-state index in [1.165, 1.54) is 12.8 Å².